The predicted molar refractivity (Wildman–Crippen MR) is 186 cm³/mol. The molecule has 4 amide bonds. The van der Waals surface area contributed by atoms with Crippen LogP contribution in [0.1, 0.15) is 86.4 Å². The Labute approximate surface area is 298 Å². The van der Waals surface area contributed by atoms with E-state index in [9.17, 15) is 24.3 Å². The molecule has 0 unspecified atom stereocenters. The second-order valence-electron chi connectivity index (χ2n) is 13.8. The number of hydrogen-bond donors (Lipinski definition) is 3. The van der Waals surface area contributed by atoms with Crippen molar-refractivity contribution in [2.24, 2.45) is 5.92 Å². The van der Waals surface area contributed by atoms with Crippen molar-refractivity contribution in [1.29, 1.82) is 0 Å². The van der Waals surface area contributed by atoms with E-state index in [1.54, 1.807) is 49.8 Å². The van der Waals surface area contributed by atoms with E-state index in [-0.39, 0.29) is 55.6 Å². The van der Waals surface area contributed by atoms with Crippen LogP contribution in [-0.2, 0) is 33.8 Å². The van der Waals surface area contributed by atoms with Crippen LogP contribution in [0.3, 0.4) is 0 Å². The minimum atomic E-state index is -1.03. The number of pyridine rings is 1. The Morgan fingerprint density at radius 2 is 1.78 bits per heavy atom. The summed E-state index contributed by atoms with van der Waals surface area (Å²) in [4.78, 5) is 67.2. The minimum absolute atomic E-state index is 0.00568. The summed E-state index contributed by atoms with van der Waals surface area (Å²) in [7, 11) is 1.56. The third-order valence-corrected chi connectivity index (χ3v) is 9.29. The topological polar surface area (TPSA) is 180 Å². The lowest BCUT2D eigenvalue weighted by atomic mass is 10.0. The number of nitrogens with one attached hydrogen (secondary N) is 2. The Morgan fingerprint density at radius 1 is 1.00 bits per heavy atom. The number of ether oxygens (including phenoxy) is 1. The molecule has 3 aromatic rings. The minimum Gasteiger partial charge on any atom is -0.485 e. The van der Waals surface area contributed by atoms with E-state index in [4.69, 9.17) is 9.26 Å². The van der Waals surface area contributed by atoms with Gasteiger partial charge in [-0.3, -0.25) is 24.2 Å². The summed E-state index contributed by atoms with van der Waals surface area (Å²) in [5.74, 6) is -0.644. The van der Waals surface area contributed by atoms with Crippen LogP contribution in [0.4, 0.5) is 0 Å². The number of rotatable bonds is 4. The molecule has 1 aromatic carbocycles. The van der Waals surface area contributed by atoms with Gasteiger partial charge in [0.25, 0.3) is 5.91 Å². The monoisotopic (exact) mass is 703 g/mol. The zero-order valence-corrected chi connectivity index (χ0v) is 29.6. The van der Waals surface area contributed by atoms with E-state index >= 15 is 0 Å². The SMILES string of the molecule is CC(C)C[C@H]1NC(=O)c2ccccc2OCc2noc(n2)CCCCCCCNC(=O)[C@H](Cc2cccnc2)N(C)C(=O)[C@H]2C[C@H](O)CN2C1=O. The number of aryl methyl sites for hydroxylation is 1. The van der Waals surface area contributed by atoms with E-state index in [1.165, 1.54) is 9.80 Å². The predicted octanol–water partition coefficient (Wildman–Crippen LogP) is 2.84. The molecular formula is C37H49N7O7. The number of para-hydroxylation sites is 1. The van der Waals surface area contributed by atoms with Crippen LogP contribution in [0.25, 0.3) is 0 Å². The molecule has 2 aliphatic rings. The standard InChI is InChI=1S/C37H49N7O7/c1-24(2)18-28-36(48)44-22-26(45)20-30(44)37(49)43(3)29(19-25-12-11-16-38-21-25)35(47)39-17-10-6-4-5-7-15-33-41-32(42-51-33)23-50-31-14-9-8-13-27(31)34(46)40-28/h8-9,11-14,16,21,24,26,28-30,45H,4-7,10,15,17-20,22-23H2,1-3H3,(H,39,47)(H,40,46)/t26-,28+,29-,30+/m0/s1. The highest BCUT2D eigenvalue weighted by Gasteiger charge is 2.44. The maximum atomic E-state index is 14.2. The van der Waals surface area contributed by atoms with Gasteiger partial charge in [0.15, 0.2) is 6.61 Å². The molecule has 2 aromatic heterocycles. The number of nitrogens with zero attached hydrogens (tertiary/aromatic N) is 5. The third kappa shape index (κ3) is 10.1. The van der Waals surface area contributed by atoms with Crippen molar-refractivity contribution in [2.75, 3.05) is 20.1 Å². The normalized spacial score (nSPS) is 23.4. The zero-order valence-electron chi connectivity index (χ0n) is 29.6. The van der Waals surface area contributed by atoms with Crippen molar-refractivity contribution < 1.29 is 33.5 Å². The Hall–Kier alpha value is -4.85. The number of carbonyl (C=O) groups excluding carboxylic acids is 4. The molecule has 51 heavy (non-hydrogen) atoms. The number of fused-ring (bicyclic) bond motifs is 4. The Morgan fingerprint density at radius 3 is 2.57 bits per heavy atom. The molecule has 3 N–H and O–H groups in total. The van der Waals surface area contributed by atoms with Crippen LogP contribution in [0.15, 0.2) is 53.3 Å². The van der Waals surface area contributed by atoms with E-state index < -0.39 is 42.0 Å². The van der Waals surface area contributed by atoms with Gasteiger partial charge in [0.05, 0.1) is 11.7 Å². The second-order valence-corrected chi connectivity index (χ2v) is 13.8. The Bertz CT molecular complexity index is 1630. The van der Waals surface area contributed by atoms with Crippen LogP contribution in [0, 0.1) is 5.92 Å². The Balaban J connectivity index is 1.42. The fourth-order valence-corrected chi connectivity index (χ4v) is 6.59. The molecule has 0 spiro atoms. The highest BCUT2D eigenvalue weighted by Crippen LogP contribution is 2.25. The number of aliphatic hydroxyl groups is 1. The maximum absolute atomic E-state index is 14.2. The fraction of sp³-hybridized carbons (Fsp3) is 0.541. The van der Waals surface area contributed by atoms with Crippen LogP contribution < -0.4 is 15.4 Å². The molecule has 4 atom stereocenters. The number of benzene rings is 1. The van der Waals surface area contributed by atoms with E-state index in [2.05, 4.69) is 25.8 Å². The Kier molecular flexibility index (Phi) is 13.1. The summed E-state index contributed by atoms with van der Waals surface area (Å²) in [5, 5.41) is 20.7. The molecule has 0 saturated carbocycles. The first-order valence-corrected chi connectivity index (χ1v) is 17.9. The van der Waals surface area contributed by atoms with Gasteiger partial charge in [0, 0.05) is 51.8 Å². The van der Waals surface area contributed by atoms with Gasteiger partial charge in [-0.1, -0.05) is 56.5 Å². The first-order valence-electron chi connectivity index (χ1n) is 17.9. The molecule has 1 fully saturated rings. The first kappa shape index (κ1) is 37.4. The van der Waals surface area contributed by atoms with Gasteiger partial charge in [-0.2, -0.15) is 4.98 Å². The average Bonchev–Trinajstić information content (AvgIpc) is 3.75. The molecular weight excluding hydrogens is 654 g/mol. The number of aromatic nitrogens is 3. The summed E-state index contributed by atoms with van der Waals surface area (Å²) < 4.78 is 11.4. The first-order chi connectivity index (χ1) is 24.6. The summed E-state index contributed by atoms with van der Waals surface area (Å²) in [5.41, 5.74) is 0.990. The van der Waals surface area contributed by atoms with E-state index in [0.717, 1.165) is 37.7 Å². The highest BCUT2D eigenvalue weighted by atomic mass is 16.5. The molecule has 1 saturated heterocycles. The molecule has 0 aliphatic carbocycles. The highest BCUT2D eigenvalue weighted by molar-refractivity contribution is 6.00. The lowest BCUT2D eigenvalue weighted by Gasteiger charge is -2.34. The lowest BCUT2D eigenvalue weighted by Crippen LogP contribution is -2.57. The van der Waals surface area contributed by atoms with Crippen molar-refractivity contribution in [3.8, 4) is 5.75 Å². The van der Waals surface area contributed by atoms with Gasteiger partial charge in [0.1, 0.15) is 23.9 Å². The van der Waals surface area contributed by atoms with Crippen molar-refractivity contribution in [2.45, 2.75) is 102 Å². The molecule has 2 aliphatic heterocycles. The van der Waals surface area contributed by atoms with Gasteiger partial charge < -0.3 is 34.8 Å². The molecule has 0 radical (unpaired) electrons. The van der Waals surface area contributed by atoms with Gasteiger partial charge in [-0.15, -0.1) is 0 Å². The smallest absolute Gasteiger partial charge is 0.255 e. The van der Waals surface area contributed by atoms with Crippen LogP contribution >= 0.6 is 0 Å². The molecule has 14 heteroatoms. The summed E-state index contributed by atoms with van der Waals surface area (Å²) in [6.45, 7) is 4.21. The lowest BCUT2D eigenvalue weighted by molar-refractivity contribution is -0.147. The van der Waals surface area contributed by atoms with Crippen LogP contribution in [-0.4, -0.2) is 98.0 Å². The number of aliphatic hydroxyl groups excluding tert-OH is 1. The summed E-state index contributed by atoms with van der Waals surface area (Å²) in [6, 6.07) is 7.40. The van der Waals surface area contributed by atoms with Crippen molar-refractivity contribution in [3.63, 3.8) is 0 Å². The summed E-state index contributed by atoms with van der Waals surface area (Å²) in [6.07, 6.45) is 7.93. The molecule has 4 heterocycles. The van der Waals surface area contributed by atoms with Crippen molar-refractivity contribution in [1.82, 2.24) is 35.6 Å². The molecule has 5 rings (SSSR count). The fourth-order valence-electron chi connectivity index (χ4n) is 6.59. The molecule has 274 valence electrons. The van der Waals surface area contributed by atoms with Crippen LogP contribution in [0.2, 0.25) is 0 Å². The van der Waals surface area contributed by atoms with Crippen molar-refractivity contribution >= 4 is 23.6 Å². The largest absolute Gasteiger partial charge is 0.485 e. The van der Waals surface area contributed by atoms with Crippen molar-refractivity contribution in [3.05, 3.63) is 71.6 Å². The molecule has 2 bridgehead atoms. The van der Waals surface area contributed by atoms with Gasteiger partial charge in [-0.25, -0.2) is 0 Å². The zero-order chi connectivity index (χ0) is 36.3. The number of carbonyl (C=O) groups is 4. The number of hydrogen-bond acceptors (Lipinski definition) is 10. The van der Waals surface area contributed by atoms with Crippen LogP contribution in [0.5, 0.6) is 5.75 Å². The van der Waals surface area contributed by atoms with Gasteiger partial charge in [-0.05, 0) is 48.9 Å². The van der Waals surface area contributed by atoms with Gasteiger partial charge >= 0.3 is 0 Å². The average molecular weight is 704 g/mol. The van der Waals surface area contributed by atoms with Gasteiger partial charge in [0.2, 0.25) is 29.4 Å². The number of amides is 4. The maximum Gasteiger partial charge on any atom is 0.255 e. The third-order valence-electron chi connectivity index (χ3n) is 9.29. The summed E-state index contributed by atoms with van der Waals surface area (Å²) >= 11 is 0. The molecule has 14 nitrogen and oxygen atoms in total. The quantitative estimate of drug-likeness (QED) is 0.366. The van der Waals surface area contributed by atoms with E-state index in [0.29, 0.717) is 24.7 Å². The second kappa shape index (κ2) is 17.9. The number of likely N-dealkylation sites (N-methyl/N-ethyl adjacent to an activating group) is 1. The van der Waals surface area contributed by atoms with E-state index in [1.807, 2.05) is 19.9 Å².